The standard InChI is InChI=1S/C15H18O5S/c16-14(17)11-19-12-15(18)20-8-10-21-9-4-7-13-5-2-1-3-6-13/h1-7H,8-12H2,(H,16,17). The monoisotopic (exact) mass is 310 g/mol. The van der Waals surface area contributed by atoms with Gasteiger partial charge < -0.3 is 14.6 Å². The molecule has 0 spiro atoms. The number of hydrogen-bond donors (Lipinski definition) is 1. The number of ether oxygens (including phenoxy) is 2. The summed E-state index contributed by atoms with van der Waals surface area (Å²) in [6.45, 7) is -0.530. The van der Waals surface area contributed by atoms with Gasteiger partial charge in [0.15, 0.2) is 0 Å². The van der Waals surface area contributed by atoms with Crippen molar-refractivity contribution in [3.05, 3.63) is 42.0 Å². The van der Waals surface area contributed by atoms with E-state index in [1.54, 1.807) is 11.8 Å². The van der Waals surface area contributed by atoms with Crippen molar-refractivity contribution in [2.45, 2.75) is 0 Å². The van der Waals surface area contributed by atoms with E-state index in [0.717, 1.165) is 11.3 Å². The normalized spacial score (nSPS) is 10.7. The minimum absolute atomic E-state index is 0.291. The molecule has 0 aliphatic rings. The molecular formula is C15H18O5S. The Morgan fingerprint density at radius 3 is 2.67 bits per heavy atom. The first-order valence-corrected chi connectivity index (χ1v) is 7.58. The van der Waals surface area contributed by atoms with Crippen LogP contribution in [0.25, 0.3) is 6.08 Å². The van der Waals surface area contributed by atoms with Crippen molar-refractivity contribution in [2.24, 2.45) is 0 Å². The lowest BCUT2D eigenvalue weighted by molar-refractivity contribution is -0.152. The summed E-state index contributed by atoms with van der Waals surface area (Å²) in [4.78, 5) is 21.3. The van der Waals surface area contributed by atoms with Gasteiger partial charge in [-0.1, -0.05) is 42.5 Å². The van der Waals surface area contributed by atoms with E-state index in [1.807, 2.05) is 36.4 Å². The minimum atomic E-state index is -1.11. The number of carboxylic acids is 1. The molecule has 1 rings (SSSR count). The van der Waals surface area contributed by atoms with Crippen molar-refractivity contribution in [2.75, 3.05) is 31.3 Å². The van der Waals surface area contributed by atoms with Crippen LogP contribution < -0.4 is 0 Å². The molecule has 0 bridgehead atoms. The Morgan fingerprint density at radius 1 is 1.19 bits per heavy atom. The van der Waals surface area contributed by atoms with E-state index < -0.39 is 18.5 Å². The van der Waals surface area contributed by atoms with Gasteiger partial charge in [0.05, 0.1) is 0 Å². The van der Waals surface area contributed by atoms with E-state index in [0.29, 0.717) is 12.4 Å². The van der Waals surface area contributed by atoms with Crippen LogP contribution in [0, 0.1) is 0 Å². The molecule has 21 heavy (non-hydrogen) atoms. The highest BCUT2D eigenvalue weighted by Crippen LogP contribution is 2.05. The summed E-state index contributed by atoms with van der Waals surface area (Å²) in [6.07, 6.45) is 4.09. The zero-order valence-electron chi connectivity index (χ0n) is 11.6. The van der Waals surface area contributed by atoms with Crippen molar-refractivity contribution in [1.82, 2.24) is 0 Å². The molecule has 0 amide bonds. The Bertz CT molecular complexity index is 458. The maximum atomic E-state index is 11.1. The highest BCUT2D eigenvalue weighted by Gasteiger charge is 2.04. The van der Waals surface area contributed by atoms with Gasteiger partial charge in [0.25, 0.3) is 0 Å². The van der Waals surface area contributed by atoms with Crippen LogP contribution in [0.2, 0.25) is 0 Å². The Labute approximate surface area is 127 Å². The molecule has 6 heteroatoms. The number of carbonyl (C=O) groups excluding carboxylic acids is 1. The molecule has 0 unspecified atom stereocenters. The summed E-state index contributed by atoms with van der Waals surface area (Å²) in [6, 6.07) is 10.00. The lowest BCUT2D eigenvalue weighted by Crippen LogP contribution is -2.17. The fraction of sp³-hybridized carbons (Fsp3) is 0.333. The summed E-state index contributed by atoms with van der Waals surface area (Å²) in [5, 5.41) is 8.32. The number of carbonyl (C=O) groups is 2. The number of aliphatic carboxylic acids is 1. The Hall–Kier alpha value is -1.79. The number of rotatable bonds is 10. The third kappa shape index (κ3) is 9.70. The van der Waals surface area contributed by atoms with Gasteiger partial charge >= 0.3 is 11.9 Å². The zero-order chi connectivity index (χ0) is 15.3. The van der Waals surface area contributed by atoms with Gasteiger partial charge in [0.2, 0.25) is 0 Å². The van der Waals surface area contributed by atoms with Gasteiger partial charge in [-0.2, -0.15) is 11.8 Å². The molecule has 0 aliphatic carbocycles. The van der Waals surface area contributed by atoms with E-state index in [4.69, 9.17) is 9.84 Å². The fourth-order valence-corrected chi connectivity index (χ4v) is 1.98. The fourth-order valence-electron chi connectivity index (χ4n) is 1.38. The summed E-state index contributed by atoms with van der Waals surface area (Å²) in [7, 11) is 0. The second-order valence-corrected chi connectivity index (χ2v) is 5.14. The molecule has 1 aromatic carbocycles. The number of esters is 1. The highest BCUT2D eigenvalue weighted by atomic mass is 32.2. The third-order valence-corrected chi connectivity index (χ3v) is 3.14. The predicted molar refractivity (Wildman–Crippen MR) is 82.2 cm³/mol. The highest BCUT2D eigenvalue weighted by molar-refractivity contribution is 7.99. The van der Waals surface area contributed by atoms with Crippen molar-refractivity contribution >= 4 is 29.8 Å². The molecular weight excluding hydrogens is 292 g/mol. The van der Waals surface area contributed by atoms with Crippen LogP contribution in [0.4, 0.5) is 0 Å². The Balaban J connectivity index is 1.98. The van der Waals surface area contributed by atoms with E-state index in [2.05, 4.69) is 10.8 Å². The van der Waals surface area contributed by atoms with Crippen molar-refractivity contribution in [1.29, 1.82) is 0 Å². The number of benzene rings is 1. The first-order chi connectivity index (χ1) is 10.2. The summed E-state index contributed by atoms with van der Waals surface area (Å²) >= 11 is 1.64. The molecule has 0 radical (unpaired) electrons. The molecule has 114 valence electrons. The molecule has 0 saturated carbocycles. The second kappa shape index (κ2) is 10.9. The largest absolute Gasteiger partial charge is 0.480 e. The van der Waals surface area contributed by atoms with Gasteiger partial charge in [-0.05, 0) is 5.56 Å². The molecule has 0 heterocycles. The number of hydrogen-bond acceptors (Lipinski definition) is 5. The van der Waals surface area contributed by atoms with Crippen molar-refractivity contribution in [3.8, 4) is 0 Å². The van der Waals surface area contributed by atoms with Crippen LogP contribution in [-0.2, 0) is 19.1 Å². The molecule has 0 saturated heterocycles. The maximum absolute atomic E-state index is 11.1. The number of carboxylic acid groups (broad SMARTS) is 1. The molecule has 0 atom stereocenters. The van der Waals surface area contributed by atoms with E-state index in [-0.39, 0.29) is 6.61 Å². The quantitative estimate of drug-likeness (QED) is 0.527. The van der Waals surface area contributed by atoms with E-state index in [1.165, 1.54) is 0 Å². The molecule has 1 N–H and O–H groups in total. The topological polar surface area (TPSA) is 72.8 Å². The van der Waals surface area contributed by atoms with E-state index in [9.17, 15) is 9.59 Å². The first-order valence-electron chi connectivity index (χ1n) is 6.43. The Morgan fingerprint density at radius 2 is 1.95 bits per heavy atom. The average Bonchev–Trinajstić information content (AvgIpc) is 2.47. The molecule has 0 aromatic heterocycles. The van der Waals surface area contributed by atoms with Crippen molar-refractivity contribution < 1.29 is 24.2 Å². The van der Waals surface area contributed by atoms with Crippen LogP contribution in [-0.4, -0.2) is 48.4 Å². The lowest BCUT2D eigenvalue weighted by Gasteiger charge is -2.03. The van der Waals surface area contributed by atoms with Crippen LogP contribution in [0.1, 0.15) is 5.56 Å². The average molecular weight is 310 g/mol. The summed E-state index contributed by atoms with van der Waals surface area (Å²) in [5.41, 5.74) is 1.15. The lowest BCUT2D eigenvalue weighted by atomic mass is 10.2. The van der Waals surface area contributed by atoms with Gasteiger partial charge in [-0.15, -0.1) is 0 Å². The third-order valence-electron chi connectivity index (χ3n) is 2.26. The maximum Gasteiger partial charge on any atom is 0.332 e. The predicted octanol–water partition coefficient (Wildman–Crippen LogP) is 2.08. The van der Waals surface area contributed by atoms with Gasteiger partial charge in [-0.3, -0.25) is 0 Å². The first kappa shape index (κ1) is 17.3. The number of thioether (sulfide) groups is 1. The van der Waals surface area contributed by atoms with Gasteiger partial charge in [-0.25, -0.2) is 9.59 Å². The van der Waals surface area contributed by atoms with Gasteiger partial charge in [0.1, 0.15) is 19.8 Å². The van der Waals surface area contributed by atoms with Gasteiger partial charge in [0, 0.05) is 11.5 Å². The smallest absolute Gasteiger partial charge is 0.332 e. The van der Waals surface area contributed by atoms with Crippen molar-refractivity contribution in [3.63, 3.8) is 0 Å². The van der Waals surface area contributed by atoms with E-state index >= 15 is 0 Å². The Kier molecular flexibility index (Phi) is 8.99. The summed E-state index contributed by atoms with van der Waals surface area (Å²) in [5.74, 6) is -0.133. The molecule has 5 nitrogen and oxygen atoms in total. The van der Waals surface area contributed by atoms with Crippen LogP contribution in [0.3, 0.4) is 0 Å². The molecule has 0 fully saturated rings. The minimum Gasteiger partial charge on any atom is -0.480 e. The zero-order valence-corrected chi connectivity index (χ0v) is 12.4. The molecule has 0 aliphatic heterocycles. The van der Waals surface area contributed by atoms with Crippen LogP contribution in [0.5, 0.6) is 0 Å². The summed E-state index contributed by atoms with van der Waals surface area (Å²) < 4.78 is 9.50. The van der Waals surface area contributed by atoms with Crippen LogP contribution in [0.15, 0.2) is 36.4 Å². The second-order valence-electron chi connectivity index (χ2n) is 3.99. The SMILES string of the molecule is O=C(O)COCC(=O)OCCSCC=Cc1ccccc1. The van der Waals surface area contributed by atoms with Crippen LogP contribution >= 0.6 is 11.8 Å². The molecule has 1 aromatic rings.